The molecule has 0 N–H and O–H groups in total. The number of hydrogen-bond donors (Lipinski definition) is 0. The molecular formula is C25H33ClO2. The molecule has 1 atom stereocenters. The van der Waals surface area contributed by atoms with Crippen molar-refractivity contribution in [2.75, 3.05) is 6.61 Å². The van der Waals surface area contributed by atoms with Crippen molar-refractivity contribution in [3.05, 3.63) is 63.7 Å². The van der Waals surface area contributed by atoms with Crippen molar-refractivity contribution in [2.24, 2.45) is 5.92 Å². The molecule has 2 aromatic rings. The minimum Gasteiger partial charge on any atom is -0.492 e. The predicted octanol–water partition coefficient (Wildman–Crippen LogP) is 7.37. The number of ether oxygens (including phenoxy) is 1. The molecule has 0 fully saturated rings. The summed E-state index contributed by atoms with van der Waals surface area (Å²) in [6.45, 7) is 7.27. The van der Waals surface area contributed by atoms with Gasteiger partial charge in [-0.15, -0.1) is 0 Å². The maximum atomic E-state index is 10.8. The van der Waals surface area contributed by atoms with E-state index in [0.717, 1.165) is 25.5 Å². The molecule has 2 aromatic carbocycles. The lowest BCUT2D eigenvalue weighted by Crippen LogP contribution is -2.08. The number of aldehydes is 1. The van der Waals surface area contributed by atoms with Crippen molar-refractivity contribution in [3.63, 3.8) is 0 Å². The molecule has 2 nitrogen and oxygen atoms in total. The lowest BCUT2D eigenvalue weighted by Gasteiger charge is -2.18. The Morgan fingerprint density at radius 3 is 2.46 bits per heavy atom. The number of benzene rings is 2. The van der Waals surface area contributed by atoms with Crippen molar-refractivity contribution >= 4 is 17.9 Å². The third kappa shape index (κ3) is 7.31. The summed E-state index contributed by atoms with van der Waals surface area (Å²) in [5, 5.41) is 0.499. The summed E-state index contributed by atoms with van der Waals surface area (Å²) in [4.78, 5) is 10.8. The molecule has 0 spiro atoms. The largest absolute Gasteiger partial charge is 0.492 e. The maximum absolute atomic E-state index is 10.8. The lowest BCUT2D eigenvalue weighted by atomic mass is 9.89. The Kier molecular flexibility index (Phi) is 9.57. The average Bonchev–Trinajstić information content (AvgIpc) is 2.68. The summed E-state index contributed by atoms with van der Waals surface area (Å²) in [5.74, 6) is 1.34. The second kappa shape index (κ2) is 11.9. The Hall–Kier alpha value is -1.80. The van der Waals surface area contributed by atoms with Gasteiger partial charge in [0.25, 0.3) is 0 Å². The summed E-state index contributed by atoms with van der Waals surface area (Å²) in [5.41, 5.74) is 4.75. The number of unbranched alkanes of at least 4 members (excludes halogenated alkanes) is 2. The lowest BCUT2D eigenvalue weighted by molar-refractivity contribution is 0.112. The van der Waals surface area contributed by atoms with E-state index in [2.05, 4.69) is 39.0 Å². The van der Waals surface area contributed by atoms with Gasteiger partial charge in [0.2, 0.25) is 0 Å². The highest BCUT2D eigenvalue weighted by Crippen LogP contribution is 2.26. The van der Waals surface area contributed by atoms with E-state index in [4.69, 9.17) is 16.3 Å². The third-order valence-electron chi connectivity index (χ3n) is 5.42. The zero-order valence-electron chi connectivity index (χ0n) is 17.5. The number of hydrogen-bond acceptors (Lipinski definition) is 2. The smallest absolute Gasteiger partial charge is 0.150 e. The van der Waals surface area contributed by atoms with Gasteiger partial charge in [0.05, 0.1) is 11.6 Å². The average molecular weight is 401 g/mol. The zero-order chi connectivity index (χ0) is 20.4. The van der Waals surface area contributed by atoms with E-state index in [-0.39, 0.29) is 0 Å². The molecule has 0 aliphatic carbocycles. The summed E-state index contributed by atoms with van der Waals surface area (Å²) >= 11 is 6.19. The fraction of sp³-hybridized carbons (Fsp3) is 0.480. The first-order chi connectivity index (χ1) is 13.5. The molecule has 2 rings (SSSR count). The topological polar surface area (TPSA) is 26.3 Å². The van der Waals surface area contributed by atoms with Crippen LogP contribution in [0.3, 0.4) is 0 Å². The fourth-order valence-corrected chi connectivity index (χ4v) is 3.80. The zero-order valence-corrected chi connectivity index (χ0v) is 18.2. The molecule has 0 aromatic heterocycles. The molecule has 0 aliphatic rings. The van der Waals surface area contributed by atoms with Gasteiger partial charge in [-0.2, -0.15) is 0 Å². The van der Waals surface area contributed by atoms with Crippen LogP contribution in [0.15, 0.2) is 36.4 Å². The molecule has 28 heavy (non-hydrogen) atoms. The molecule has 0 saturated carbocycles. The summed E-state index contributed by atoms with van der Waals surface area (Å²) in [6.07, 6.45) is 9.23. The maximum Gasteiger partial charge on any atom is 0.150 e. The van der Waals surface area contributed by atoms with Gasteiger partial charge in [-0.1, -0.05) is 62.4 Å². The first kappa shape index (κ1) is 22.5. The summed E-state index contributed by atoms with van der Waals surface area (Å²) in [6, 6.07) is 12.0. The van der Waals surface area contributed by atoms with Crippen molar-refractivity contribution < 1.29 is 9.53 Å². The monoisotopic (exact) mass is 400 g/mol. The predicted molar refractivity (Wildman–Crippen MR) is 119 cm³/mol. The highest BCUT2D eigenvalue weighted by molar-refractivity contribution is 6.32. The van der Waals surface area contributed by atoms with Crippen molar-refractivity contribution in [3.8, 4) is 5.75 Å². The van der Waals surface area contributed by atoms with Crippen LogP contribution in [0.2, 0.25) is 5.02 Å². The van der Waals surface area contributed by atoms with Gasteiger partial charge in [0.1, 0.15) is 12.0 Å². The minimum atomic E-state index is 0.499. The van der Waals surface area contributed by atoms with Gasteiger partial charge in [-0.3, -0.25) is 4.79 Å². The van der Waals surface area contributed by atoms with Gasteiger partial charge in [-0.25, -0.2) is 0 Å². The number of rotatable bonds is 12. The van der Waals surface area contributed by atoms with Crippen molar-refractivity contribution in [1.82, 2.24) is 0 Å². The standard InChI is InChI=1S/C25H33ClO2/c1-4-5-6-8-21(16-22-11-10-19(2)20(3)15-22)9-7-14-28-25-13-12-23(18-27)17-24(25)26/h10-13,15,17-18,21H,4-9,14,16H2,1-3H3/t21-/m0/s1. The van der Waals surface area contributed by atoms with Crippen LogP contribution in [0.25, 0.3) is 0 Å². The second-order valence-corrected chi connectivity index (χ2v) is 8.19. The molecular weight excluding hydrogens is 368 g/mol. The molecule has 0 bridgehead atoms. The number of carbonyl (C=O) groups is 1. The van der Waals surface area contributed by atoms with Crippen molar-refractivity contribution in [1.29, 1.82) is 0 Å². The quantitative estimate of drug-likeness (QED) is 0.274. The van der Waals surface area contributed by atoms with Crippen LogP contribution in [-0.2, 0) is 6.42 Å². The Labute approximate surface area is 175 Å². The second-order valence-electron chi connectivity index (χ2n) is 7.78. The first-order valence-electron chi connectivity index (χ1n) is 10.5. The van der Waals surface area contributed by atoms with Gasteiger partial charge in [-0.05, 0) is 73.9 Å². The molecule has 0 heterocycles. The van der Waals surface area contributed by atoms with Crippen LogP contribution < -0.4 is 4.74 Å². The van der Waals surface area contributed by atoms with E-state index in [1.807, 2.05) is 0 Å². The Morgan fingerprint density at radius 1 is 1.00 bits per heavy atom. The van der Waals surface area contributed by atoms with Crippen LogP contribution >= 0.6 is 11.6 Å². The summed E-state index contributed by atoms with van der Waals surface area (Å²) in [7, 11) is 0. The molecule has 3 heteroatoms. The van der Waals surface area contributed by atoms with Crippen LogP contribution in [0.5, 0.6) is 5.75 Å². The fourth-order valence-electron chi connectivity index (χ4n) is 3.56. The van der Waals surface area contributed by atoms with Crippen LogP contribution in [0.1, 0.15) is 72.5 Å². The molecule has 152 valence electrons. The van der Waals surface area contributed by atoms with E-state index in [1.165, 1.54) is 42.4 Å². The van der Waals surface area contributed by atoms with Crippen LogP contribution in [-0.4, -0.2) is 12.9 Å². The van der Waals surface area contributed by atoms with E-state index >= 15 is 0 Å². The van der Waals surface area contributed by atoms with E-state index in [0.29, 0.717) is 28.9 Å². The van der Waals surface area contributed by atoms with Gasteiger partial charge in [0, 0.05) is 5.56 Å². The van der Waals surface area contributed by atoms with E-state index in [9.17, 15) is 4.79 Å². The SMILES string of the molecule is CCCCC[C@@H](CCCOc1ccc(C=O)cc1Cl)Cc1ccc(C)c(C)c1. The Morgan fingerprint density at radius 2 is 1.79 bits per heavy atom. The Bertz CT molecular complexity index is 754. The van der Waals surface area contributed by atoms with Gasteiger partial charge < -0.3 is 4.74 Å². The van der Waals surface area contributed by atoms with E-state index < -0.39 is 0 Å². The number of halogens is 1. The molecule has 0 amide bonds. The number of carbonyl (C=O) groups excluding carboxylic acids is 1. The number of aryl methyl sites for hydroxylation is 2. The molecule has 0 radical (unpaired) electrons. The highest BCUT2D eigenvalue weighted by Gasteiger charge is 2.11. The Balaban J connectivity index is 1.87. The third-order valence-corrected chi connectivity index (χ3v) is 5.71. The first-order valence-corrected chi connectivity index (χ1v) is 10.8. The van der Waals surface area contributed by atoms with Crippen LogP contribution in [0, 0.1) is 19.8 Å². The van der Waals surface area contributed by atoms with Crippen molar-refractivity contribution in [2.45, 2.75) is 65.7 Å². The highest BCUT2D eigenvalue weighted by atomic mass is 35.5. The minimum absolute atomic E-state index is 0.499. The van der Waals surface area contributed by atoms with E-state index in [1.54, 1.807) is 18.2 Å². The molecule has 0 aliphatic heterocycles. The summed E-state index contributed by atoms with van der Waals surface area (Å²) < 4.78 is 5.85. The molecule has 0 unspecified atom stereocenters. The normalized spacial score (nSPS) is 12.0. The van der Waals surface area contributed by atoms with Gasteiger partial charge in [0.15, 0.2) is 0 Å². The van der Waals surface area contributed by atoms with Gasteiger partial charge >= 0.3 is 0 Å². The van der Waals surface area contributed by atoms with Crippen LogP contribution in [0.4, 0.5) is 0 Å². The molecule has 0 saturated heterocycles.